The van der Waals surface area contributed by atoms with Crippen LogP contribution in [0.15, 0.2) is 0 Å². The fraction of sp³-hybridized carbons (Fsp3) is 0.923. The monoisotopic (exact) mass is 258 g/mol. The third-order valence-corrected chi connectivity index (χ3v) is 3.43. The van der Waals surface area contributed by atoms with E-state index < -0.39 is 5.41 Å². The third-order valence-electron chi connectivity index (χ3n) is 3.43. The molecule has 1 rings (SSSR count). The van der Waals surface area contributed by atoms with Crippen LogP contribution >= 0.6 is 0 Å². The zero-order chi connectivity index (χ0) is 13.4. The molecule has 1 heterocycles. The topological polar surface area (TPSA) is 73.6 Å². The molecule has 0 aromatic heterocycles. The molecular weight excluding hydrogens is 232 g/mol. The summed E-state index contributed by atoms with van der Waals surface area (Å²) in [4.78, 5) is 12.0. The smallest absolute Gasteiger partial charge is 0.229 e. The number of ether oxygens (including phenoxy) is 2. The minimum absolute atomic E-state index is 0.0129. The van der Waals surface area contributed by atoms with Crippen molar-refractivity contribution >= 4 is 5.91 Å². The van der Waals surface area contributed by atoms with Crippen molar-refractivity contribution in [1.29, 1.82) is 0 Å². The molecule has 1 aliphatic heterocycles. The Morgan fingerprint density at radius 3 is 2.83 bits per heavy atom. The Bertz CT molecular complexity index is 261. The lowest BCUT2D eigenvalue weighted by Gasteiger charge is -2.25. The van der Waals surface area contributed by atoms with Gasteiger partial charge in [0.25, 0.3) is 0 Å². The number of rotatable bonds is 8. The molecule has 0 aromatic carbocycles. The van der Waals surface area contributed by atoms with E-state index in [1.165, 1.54) is 0 Å². The summed E-state index contributed by atoms with van der Waals surface area (Å²) in [5.41, 5.74) is 5.31. The van der Waals surface area contributed by atoms with E-state index in [-0.39, 0.29) is 11.9 Å². The second kappa shape index (κ2) is 7.71. The maximum atomic E-state index is 12.0. The minimum atomic E-state index is -0.580. The first-order valence-corrected chi connectivity index (χ1v) is 6.80. The predicted molar refractivity (Wildman–Crippen MR) is 70.3 cm³/mol. The molecule has 1 fully saturated rings. The Kier molecular flexibility index (Phi) is 6.60. The normalized spacial score (nSPS) is 27.4. The standard InChI is InChI=1S/C13H26N2O3/c1-3-4-7-17-8-5-6-15-12(16)13(2)10-18-9-11(13)14/h11H,3-10,14H2,1-2H3,(H,15,16). The first-order chi connectivity index (χ1) is 8.61. The Morgan fingerprint density at radius 2 is 2.22 bits per heavy atom. The molecule has 2 unspecified atom stereocenters. The largest absolute Gasteiger partial charge is 0.381 e. The molecular formula is C13H26N2O3. The van der Waals surface area contributed by atoms with Gasteiger partial charge in [-0.1, -0.05) is 13.3 Å². The molecule has 18 heavy (non-hydrogen) atoms. The summed E-state index contributed by atoms with van der Waals surface area (Å²) in [6.07, 6.45) is 3.07. The number of carbonyl (C=O) groups excluding carboxylic acids is 1. The van der Waals surface area contributed by atoms with Gasteiger partial charge in [-0.25, -0.2) is 0 Å². The molecule has 0 radical (unpaired) electrons. The van der Waals surface area contributed by atoms with Gasteiger partial charge in [0.1, 0.15) is 0 Å². The van der Waals surface area contributed by atoms with Gasteiger partial charge in [0.05, 0.1) is 18.6 Å². The van der Waals surface area contributed by atoms with Crippen LogP contribution in [0.2, 0.25) is 0 Å². The van der Waals surface area contributed by atoms with Gasteiger partial charge in [0, 0.05) is 25.8 Å². The zero-order valence-corrected chi connectivity index (χ0v) is 11.5. The highest BCUT2D eigenvalue weighted by atomic mass is 16.5. The van der Waals surface area contributed by atoms with E-state index in [2.05, 4.69) is 12.2 Å². The van der Waals surface area contributed by atoms with Crippen molar-refractivity contribution in [2.24, 2.45) is 11.1 Å². The van der Waals surface area contributed by atoms with Crippen LogP contribution in [0.25, 0.3) is 0 Å². The van der Waals surface area contributed by atoms with E-state index in [0.717, 1.165) is 25.9 Å². The van der Waals surface area contributed by atoms with Crippen molar-refractivity contribution in [3.05, 3.63) is 0 Å². The average Bonchev–Trinajstić information content (AvgIpc) is 2.69. The van der Waals surface area contributed by atoms with Crippen molar-refractivity contribution in [3.8, 4) is 0 Å². The molecule has 1 amide bonds. The number of unbranched alkanes of at least 4 members (excludes halogenated alkanes) is 1. The zero-order valence-electron chi connectivity index (χ0n) is 11.5. The molecule has 0 bridgehead atoms. The Labute approximate surface area is 109 Å². The van der Waals surface area contributed by atoms with Gasteiger partial charge in [0.15, 0.2) is 0 Å². The second-order valence-electron chi connectivity index (χ2n) is 5.11. The van der Waals surface area contributed by atoms with Gasteiger partial charge >= 0.3 is 0 Å². The van der Waals surface area contributed by atoms with Crippen LogP contribution < -0.4 is 11.1 Å². The lowest BCUT2D eigenvalue weighted by molar-refractivity contribution is -0.130. The number of hydrogen-bond acceptors (Lipinski definition) is 4. The van der Waals surface area contributed by atoms with Crippen LogP contribution in [0.3, 0.4) is 0 Å². The summed E-state index contributed by atoms with van der Waals surface area (Å²) >= 11 is 0. The average molecular weight is 258 g/mol. The predicted octanol–water partition coefficient (Wildman–Crippen LogP) is 0.673. The van der Waals surface area contributed by atoms with Crippen LogP contribution in [0.1, 0.15) is 33.1 Å². The van der Waals surface area contributed by atoms with Crippen LogP contribution in [0.5, 0.6) is 0 Å². The summed E-state index contributed by atoms with van der Waals surface area (Å²) in [5, 5.41) is 2.91. The molecule has 0 saturated carbocycles. The Balaban J connectivity index is 2.10. The number of amides is 1. The molecule has 1 saturated heterocycles. The minimum Gasteiger partial charge on any atom is -0.381 e. The van der Waals surface area contributed by atoms with Crippen LogP contribution in [-0.4, -0.2) is 44.9 Å². The summed E-state index contributed by atoms with van der Waals surface area (Å²) in [6.45, 7) is 7.00. The lowest BCUT2D eigenvalue weighted by Crippen LogP contribution is -2.50. The van der Waals surface area contributed by atoms with Crippen molar-refractivity contribution in [2.75, 3.05) is 33.0 Å². The Morgan fingerprint density at radius 1 is 1.50 bits per heavy atom. The van der Waals surface area contributed by atoms with Crippen LogP contribution in [0.4, 0.5) is 0 Å². The maximum Gasteiger partial charge on any atom is 0.229 e. The summed E-state index contributed by atoms with van der Waals surface area (Å²) in [6, 6.07) is -0.210. The molecule has 0 aliphatic carbocycles. The van der Waals surface area contributed by atoms with E-state index in [1.54, 1.807) is 0 Å². The summed E-state index contributed by atoms with van der Waals surface area (Å²) < 4.78 is 10.7. The number of hydrogen-bond donors (Lipinski definition) is 2. The molecule has 5 heteroatoms. The summed E-state index contributed by atoms with van der Waals surface area (Å²) in [7, 11) is 0. The van der Waals surface area contributed by atoms with Gasteiger partial charge in [-0.2, -0.15) is 0 Å². The first kappa shape index (κ1) is 15.4. The highest BCUT2D eigenvalue weighted by molar-refractivity contribution is 5.83. The van der Waals surface area contributed by atoms with Crippen molar-refractivity contribution in [2.45, 2.75) is 39.2 Å². The van der Waals surface area contributed by atoms with Crippen molar-refractivity contribution < 1.29 is 14.3 Å². The van der Waals surface area contributed by atoms with E-state index in [0.29, 0.717) is 26.4 Å². The molecule has 106 valence electrons. The van der Waals surface area contributed by atoms with E-state index in [1.807, 2.05) is 6.92 Å². The fourth-order valence-corrected chi connectivity index (χ4v) is 1.85. The highest BCUT2D eigenvalue weighted by Gasteiger charge is 2.44. The maximum absolute atomic E-state index is 12.0. The van der Waals surface area contributed by atoms with E-state index in [4.69, 9.17) is 15.2 Å². The first-order valence-electron chi connectivity index (χ1n) is 6.80. The SMILES string of the molecule is CCCCOCCCNC(=O)C1(C)COCC1N. The lowest BCUT2D eigenvalue weighted by atomic mass is 9.85. The molecule has 0 spiro atoms. The number of nitrogens with one attached hydrogen (secondary N) is 1. The number of nitrogens with two attached hydrogens (primary N) is 1. The third kappa shape index (κ3) is 4.23. The molecule has 3 N–H and O–H groups in total. The van der Waals surface area contributed by atoms with Gasteiger partial charge in [-0.05, 0) is 19.8 Å². The molecule has 2 atom stereocenters. The van der Waals surface area contributed by atoms with Crippen molar-refractivity contribution in [1.82, 2.24) is 5.32 Å². The van der Waals surface area contributed by atoms with Gasteiger partial charge in [0.2, 0.25) is 5.91 Å². The second-order valence-corrected chi connectivity index (χ2v) is 5.11. The number of carbonyl (C=O) groups is 1. The Hall–Kier alpha value is -0.650. The molecule has 0 aromatic rings. The molecule has 1 aliphatic rings. The van der Waals surface area contributed by atoms with Gasteiger partial charge < -0.3 is 20.5 Å². The fourth-order valence-electron chi connectivity index (χ4n) is 1.85. The molecule has 5 nitrogen and oxygen atoms in total. The quantitative estimate of drug-likeness (QED) is 0.628. The van der Waals surface area contributed by atoms with Crippen molar-refractivity contribution in [3.63, 3.8) is 0 Å². The van der Waals surface area contributed by atoms with Gasteiger partial charge in [-0.15, -0.1) is 0 Å². The van der Waals surface area contributed by atoms with E-state index in [9.17, 15) is 4.79 Å². The van der Waals surface area contributed by atoms with Crippen LogP contribution in [-0.2, 0) is 14.3 Å². The highest BCUT2D eigenvalue weighted by Crippen LogP contribution is 2.26. The van der Waals surface area contributed by atoms with E-state index >= 15 is 0 Å². The van der Waals surface area contributed by atoms with Crippen LogP contribution in [0, 0.1) is 5.41 Å². The van der Waals surface area contributed by atoms with Gasteiger partial charge in [-0.3, -0.25) is 4.79 Å². The summed E-state index contributed by atoms with van der Waals surface area (Å²) in [5.74, 6) is -0.0129.